The van der Waals surface area contributed by atoms with E-state index >= 15 is 0 Å². The van der Waals surface area contributed by atoms with Gasteiger partial charge in [-0.15, -0.1) is 0 Å². The zero-order valence-electron chi connectivity index (χ0n) is 92.5. The number of hydrogen-bond donors (Lipinski definition) is 4. The summed E-state index contributed by atoms with van der Waals surface area (Å²) in [6.07, 6.45) is 8.77. The van der Waals surface area contributed by atoms with Crippen LogP contribution in [0.2, 0.25) is 5.15 Å². The number of rotatable bonds is 16. The van der Waals surface area contributed by atoms with Crippen molar-refractivity contribution in [1.29, 1.82) is 0 Å². The van der Waals surface area contributed by atoms with Gasteiger partial charge in [0.25, 0.3) is 0 Å². The van der Waals surface area contributed by atoms with Crippen LogP contribution in [0.4, 0.5) is 0 Å². The zero-order valence-corrected chi connectivity index (χ0v) is 93.3. The highest BCUT2D eigenvalue weighted by Crippen LogP contribution is 2.43. The Morgan fingerprint density at radius 1 is 0.318 bits per heavy atom. The Hall–Kier alpha value is -9.19. The molecule has 132 heavy (non-hydrogen) atoms. The Kier molecular flexibility index (Phi) is 50.9. The topological polar surface area (TPSA) is 257 Å². The van der Waals surface area contributed by atoms with E-state index in [0.717, 1.165) is 58.8 Å². The van der Waals surface area contributed by atoms with Crippen LogP contribution in [0, 0.1) is 125 Å². The first-order valence-electron chi connectivity index (χ1n) is 48.5. The zero-order chi connectivity index (χ0) is 101. The lowest BCUT2D eigenvalue weighted by atomic mass is 9.99. The van der Waals surface area contributed by atoms with Gasteiger partial charge in [0.2, 0.25) is 0 Å². The quantitative estimate of drug-likeness (QED) is 0.0704. The van der Waals surface area contributed by atoms with Crippen molar-refractivity contribution in [2.24, 2.45) is 49.3 Å². The molecule has 12 aromatic rings. The molecular formula is C107H189ClN24. The fourth-order valence-corrected chi connectivity index (χ4v) is 19.1. The Balaban J connectivity index is 0.000000720. The maximum Gasteiger partial charge on any atom is 0.130 e. The predicted octanol–water partition coefficient (Wildman–Crippen LogP) is 27.8. The summed E-state index contributed by atoms with van der Waals surface area (Å²) in [6, 6.07) is 0. The van der Waals surface area contributed by atoms with Crippen molar-refractivity contribution >= 4 is 11.6 Å². The highest BCUT2D eigenvalue weighted by atomic mass is 35.5. The van der Waals surface area contributed by atoms with Gasteiger partial charge >= 0.3 is 0 Å². The molecule has 1 aliphatic rings. The average Bonchev–Trinajstić information content (AvgIpc) is 1.65. The first kappa shape index (κ1) is 121. The third kappa shape index (κ3) is 34.3. The van der Waals surface area contributed by atoms with E-state index in [2.05, 4.69) is 383 Å². The molecule has 0 radical (unpaired) electrons. The Labute approximate surface area is 807 Å². The number of nitrogens with one attached hydrogen (secondary N) is 4. The maximum atomic E-state index is 6.01. The number of H-pyrrole nitrogens is 4. The minimum Gasteiger partial charge on any atom is -0.282 e. The van der Waals surface area contributed by atoms with Gasteiger partial charge in [-0.3, -0.25) is 57.8 Å². The molecule has 12 heterocycles. The summed E-state index contributed by atoms with van der Waals surface area (Å²) >= 11 is 6.01. The van der Waals surface area contributed by atoms with E-state index in [1.54, 1.807) is 4.68 Å². The lowest BCUT2D eigenvalue weighted by Crippen LogP contribution is -2.00. The first-order chi connectivity index (χ1) is 60.6. The van der Waals surface area contributed by atoms with Crippen LogP contribution in [0.3, 0.4) is 0 Å². The molecule has 0 spiro atoms. The van der Waals surface area contributed by atoms with Crippen LogP contribution in [0.15, 0.2) is 12.4 Å². The number of aryl methyl sites for hydroxylation is 23. The summed E-state index contributed by atoms with van der Waals surface area (Å²) in [6.45, 7) is 97.6. The first-order valence-corrected chi connectivity index (χ1v) is 48.9. The van der Waals surface area contributed by atoms with Crippen LogP contribution in [-0.4, -0.2) is 119 Å². The van der Waals surface area contributed by atoms with E-state index in [1.165, 1.54) is 171 Å². The molecule has 744 valence electrons. The van der Waals surface area contributed by atoms with Gasteiger partial charge in [-0.2, -0.15) is 61.2 Å². The molecule has 0 aliphatic heterocycles. The largest absolute Gasteiger partial charge is 0.282 e. The van der Waals surface area contributed by atoms with Crippen LogP contribution < -0.4 is 0 Å². The lowest BCUT2D eigenvalue weighted by Gasteiger charge is -2.06. The van der Waals surface area contributed by atoms with Gasteiger partial charge < -0.3 is 0 Å². The van der Waals surface area contributed by atoms with Crippen LogP contribution in [-0.2, 0) is 68.7 Å². The molecule has 0 unspecified atom stereocenters. The Morgan fingerprint density at radius 2 is 0.644 bits per heavy atom. The van der Waals surface area contributed by atoms with Gasteiger partial charge in [0.1, 0.15) is 5.15 Å². The predicted molar refractivity (Wildman–Crippen MR) is 562 cm³/mol. The summed E-state index contributed by atoms with van der Waals surface area (Å²) in [5, 5.41) is 64.2. The molecular weight excluding hydrogens is 1660 g/mol. The van der Waals surface area contributed by atoms with E-state index in [-0.39, 0.29) is 7.43 Å². The molecule has 0 saturated heterocycles. The third-order valence-corrected chi connectivity index (χ3v) is 24.7. The Bertz CT molecular complexity index is 4940. The van der Waals surface area contributed by atoms with E-state index in [4.69, 9.17) is 11.6 Å². The summed E-state index contributed by atoms with van der Waals surface area (Å²) < 4.78 is 15.5. The van der Waals surface area contributed by atoms with Gasteiger partial charge in [-0.05, 0) is 289 Å². The van der Waals surface area contributed by atoms with Gasteiger partial charge in [-0.25, -0.2) is 0 Å². The lowest BCUT2D eigenvalue weighted by molar-refractivity contribution is 0.632. The molecule has 0 amide bonds. The summed E-state index contributed by atoms with van der Waals surface area (Å²) in [5.74, 6) is 7.69. The second-order valence-corrected chi connectivity index (χ2v) is 39.9. The Morgan fingerprint density at radius 3 is 0.848 bits per heavy atom. The molecule has 4 N–H and O–H groups in total. The standard InChI is InChI=1S/C10H16N2.2C10H18N2.4C9H16N2.C8H13ClN2.4C8H14N2.CH4/c1-6(2)9-7(3)11-12-10(9)8-4-5-8;1-6-9-10(7(2)3)8(4)11-12(9)5;1-6-12-9(5)10(7(2)3)8(4)11-12;3*1-6(2)9-7(3)10-11(5)8(9)4;1-5-8-9(6(2)3)7(4)10-11-8;1-5(2)7-6(3)10-11(4)8(7)9;1-6(2)8-5-10(4)9-7(8)3;1-6(2)8-7(3)5-9-10(8)4;2*1-5(2)8-6(3)9-10-7(8)4;/h6,8H,4-5H2,1-3H3,(H,11,12);2*7H,6H2,1-5H3;3*6H,1-5H3;6H,5H2,1-4H3,(H,10,11);5H,1-4H3;2*5-6H,1-4H3;2*5H,1-4H3,(H,9,10);1H4. The molecule has 0 atom stereocenters. The van der Waals surface area contributed by atoms with Crippen molar-refractivity contribution in [3.63, 3.8) is 0 Å². The monoisotopic (exact) mass is 1850 g/mol. The number of halogens is 1. The van der Waals surface area contributed by atoms with Crippen molar-refractivity contribution < 1.29 is 0 Å². The molecule has 1 saturated carbocycles. The minimum absolute atomic E-state index is 0. The smallest absolute Gasteiger partial charge is 0.130 e. The second-order valence-electron chi connectivity index (χ2n) is 39.6. The highest BCUT2D eigenvalue weighted by molar-refractivity contribution is 6.30. The van der Waals surface area contributed by atoms with Crippen LogP contribution >= 0.6 is 11.6 Å². The van der Waals surface area contributed by atoms with Crippen molar-refractivity contribution in [2.75, 3.05) is 0 Å². The van der Waals surface area contributed by atoms with E-state index < -0.39 is 0 Å². The van der Waals surface area contributed by atoms with Gasteiger partial charge in [0.15, 0.2) is 0 Å². The fraction of sp³-hybridized carbons (Fsp3) is 0.664. The van der Waals surface area contributed by atoms with Gasteiger partial charge in [-0.1, -0.05) is 199 Å². The van der Waals surface area contributed by atoms with Crippen LogP contribution in [0.5, 0.6) is 0 Å². The molecule has 0 bridgehead atoms. The number of aromatic amines is 4. The molecule has 25 heteroatoms. The molecule has 13 rings (SSSR count). The SMILES string of the molecule is C.CCc1c(C(C)C)c(C)nn1C.CCc1n[nH]c(C)c1C(C)C.CCn1nc(C)c(C(C)C)c1C.Cc1[nH]nc(C2CC2)c1C(C)C.Cc1cnn(C)c1C(C)C.Cc1n[nH]c(C)c1C(C)C.Cc1n[nH]c(C)c1C(C)C.Cc1nn(C)c(C)c1C(C)C.Cc1nn(C)c(C)c1C(C)C.Cc1nn(C)c(C)c1C(C)C.Cc1nn(C)c(Cl)c1C(C)C.Cc1nn(C)cc1C(C)C. The summed E-state index contributed by atoms with van der Waals surface area (Å²) in [7, 11) is 13.8. The van der Waals surface area contributed by atoms with E-state index in [9.17, 15) is 0 Å². The van der Waals surface area contributed by atoms with Crippen molar-refractivity contribution in [2.45, 2.75) is 428 Å². The summed E-state index contributed by atoms with van der Waals surface area (Å²) in [4.78, 5) is 0. The van der Waals surface area contributed by atoms with Crippen LogP contribution in [0.25, 0.3) is 0 Å². The number of hydrogen-bond acceptors (Lipinski definition) is 12. The van der Waals surface area contributed by atoms with Crippen LogP contribution in [0.1, 0.15) is 470 Å². The molecule has 0 aromatic carbocycles. The average molecular weight is 1850 g/mol. The molecule has 12 aromatic heterocycles. The van der Waals surface area contributed by atoms with Crippen molar-refractivity contribution in [3.05, 3.63) is 204 Å². The fourth-order valence-electron chi connectivity index (χ4n) is 18.7. The number of nitrogens with zero attached hydrogens (tertiary/aromatic N) is 20. The highest BCUT2D eigenvalue weighted by Gasteiger charge is 2.30. The van der Waals surface area contributed by atoms with Gasteiger partial charge in [0, 0.05) is 130 Å². The van der Waals surface area contributed by atoms with Gasteiger partial charge in [0.05, 0.1) is 68.8 Å². The van der Waals surface area contributed by atoms with Crippen molar-refractivity contribution in [1.82, 2.24) is 119 Å². The van der Waals surface area contributed by atoms with E-state index in [0.29, 0.717) is 71.0 Å². The second kappa shape index (κ2) is 55.6. The maximum absolute atomic E-state index is 6.01. The van der Waals surface area contributed by atoms with Crippen molar-refractivity contribution in [3.8, 4) is 0 Å². The minimum atomic E-state index is 0. The number of aromatic nitrogens is 24. The molecule has 24 nitrogen and oxygen atoms in total. The third-order valence-electron chi connectivity index (χ3n) is 24.3. The molecule has 1 aliphatic carbocycles. The normalized spacial score (nSPS) is 11.5. The van der Waals surface area contributed by atoms with E-state index in [1.807, 2.05) is 104 Å². The molecule has 1 fully saturated rings. The summed E-state index contributed by atoms with van der Waals surface area (Å²) in [5.41, 5.74) is 42.1.